The number of carbonyl (C=O) groups excluding carboxylic acids is 1. The average molecular weight is 265 g/mol. The normalized spacial score (nSPS) is 18.2. The Morgan fingerprint density at radius 1 is 1.39 bits per heavy atom. The van der Waals surface area contributed by atoms with Crippen LogP contribution in [0.5, 0.6) is 0 Å². The highest BCUT2D eigenvalue weighted by molar-refractivity contribution is 7.99. The van der Waals surface area contributed by atoms with Gasteiger partial charge in [0, 0.05) is 10.6 Å². The number of hydrogen-bond acceptors (Lipinski definition) is 3. The number of hydrogen-bond donors (Lipinski definition) is 2. The molecule has 1 aromatic rings. The Hall–Kier alpha value is -1.49. The molecule has 1 aliphatic heterocycles. The van der Waals surface area contributed by atoms with Crippen LogP contribution < -0.4 is 5.32 Å². The van der Waals surface area contributed by atoms with Gasteiger partial charge in [-0.2, -0.15) is 0 Å². The highest BCUT2D eigenvalue weighted by Crippen LogP contribution is 2.39. The molecule has 0 bridgehead atoms. The van der Waals surface area contributed by atoms with E-state index in [4.69, 9.17) is 5.11 Å². The summed E-state index contributed by atoms with van der Waals surface area (Å²) in [5.41, 5.74) is -0.250. The van der Waals surface area contributed by atoms with Gasteiger partial charge in [0.15, 0.2) is 0 Å². The van der Waals surface area contributed by atoms with E-state index in [1.165, 1.54) is 13.8 Å². The third kappa shape index (κ3) is 2.36. The SMILES string of the molecule is CC(C)(NC(=O)[C@H]1CSc2ccccc21)C(=O)O. The smallest absolute Gasteiger partial charge is 0.328 e. The van der Waals surface area contributed by atoms with Crippen LogP contribution >= 0.6 is 11.8 Å². The minimum atomic E-state index is -1.24. The minimum Gasteiger partial charge on any atom is -0.480 e. The molecule has 2 rings (SSSR count). The molecule has 18 heavy (non-hydrogen) atoms. The molecule has 1 aliphatic rings. The molecule has 5 heteroatoms. The number of nitrogens with one attached hydrogen (secondary N) is 1. The second-order valence-corrected chi connectivity index (χ2v) is 5.88. The van der Waals surface area contributed by atoms with Gasteiger partial charge in [-0.15, -0.1) is 11.8 Å². The van der Waals surface area contributed by atoms with Crippen molar-refractivity contribution in [2.45, 2.75) is 30.2 Å². The van der Waals surface area contributed by atoms with E-state index in [9.17, 15) is 9.59 Å². The van der Waals surface area contributed by atoms with Crippen molar-refractivity contribution < 1.29 is 14.7 Å². The van der Waals surface area contributed by atoms with E-state index in [0.717, 1.165) is 10.5 Å². The number of amides is 1. The van der Waals surface area contributed by atoms with E-state index in [1.807, 2.05) is 24.3 Å². The molecule has 2 N–H and O–H groups in total. The molecule has 1 amide bonds. The molecule has 0 fully saturated rings. The Labute approximate surface area is 110 Å². The number of fused-ring (bicyclic) bond motifs is 1. The van der Waals surface area contributed by atoms with Crippen molar-refractivity contribution in [3.8, 4) is 0 Å². The van der Waals surface area contributed by atoms with Gasteiger partial charge in [-0.25, -0.2) is 4.79 Å². The summed E-state index contributed by atoms with van der Waals surface area (Å²) in [7, 11) is 0. The van der Waals surface area contributed by atoms with Crippen LogP contribution in [0.4, 0.5) is 0 Å². The third-order valence-electron chi connectivity index (χ3n) is 2.99. The average Bonchev–Trinajstić information content (AvgIpc) is 2.71. The Balaban J connectivity index is 2.15. The van der Waals surface area contributed by atoms with Gasteiger partial charge < -0.3 is 10.4 Å². The number of thioether (sulfide) groups is 1. The van der Waals surface area contributed by atoms with Gasteiger partial charge in [0.1, 0.15) is 5.54 Å². The van der Waals surface area contributed by atoms with E-state index in [2.05, 4.69) is 5.32 Å². The second kappa shape index (κ2) is 4.65. The number of carboxylic acid groups (broad SMARTS) is 1. The zero-order valence-corrected chi connectivity index (χ0v) is 11.1. The predicted molar refractivity (Wildman–Crippen MR) is 69.8 cm³/mol. The number of benzene rings is 1. The zero-order valence-electron chi connectivity index (χ0n) is 10.3. The quantitative estimate of drug-likeness (QED) is 0.875. The maximum Gasteiger partial charge on any atom is 0.328 e. The predicted octanol–water partition coefficient (Wildman–Crippen LogP) is 1.86. The monoisotopic (exact) mass is 265 g/mol. The van der Waals surface area contributed by atoms with Crippen LogP contribution in [0.3, 0.4) is 0 Å². The molecule has 1 atom stereocenters. The van der Waals surface area contributed by atoms with Gasteiger partial charge in [0.05, 0.1) is 5.92 Å². The Bertz CT molecular complexity index is 499. The molecule has 0 aliphatic carbocycles. The summed E-state index contributed by atoms with van der Waals surface area (Å²) in [5.74, 6) is -0.847. The van der Waals surface area contributed by atoms with Crippen LogP contribution in [-0.2, 0) is 9.59 Å². The topological polar surface area (TPSA) is 66.4 Å². The van der Waals surface area contributed by atoms with Crippen LogP contribution in [-0.4, -0.2) is 28.3 Å². The second-order valence-electron chi connectivity index (χ2n) is 4.82. The fourth-order valence-corrected chi connectivity index (χ4v) is 3.06. The Morgan fingerprint density at radius 2 is 2.06 bits per heavy atom. The van der Waals surface area contributed by atoms with Crippen LogP contribution in [0.2, 0.25) is 0 Å². The molecule has 0 unspecified atom stereocenters. The van der Waals surface area contributed by atoms with Crippen molar-refractivity contribution in [3.63, 3.8) is 0 Å². The lowest BCUT2D eigenvalue weighted by Gasteiger charge is -2.23. The zero-order chi connectivity index (χ0) is 13.3. The van der Waals surface area contributed by atoms with E-state index >= 15 is 0 Å². The van der Waals surface area contributed by atoms with Crippen molar-refractivity contribution in [1.29, 1.82) is 0 Å². The molecule has 1 heterocycles. The molecule has 0 saturated carbocycles. The van der Waals surface area contributed by atoms with Crippen molar-refractivity contribution in [2.75, 3.05) is 5.75 Å². The highest BCUT2D eigenvalue weighted by Gasteiger charge is 2.35. The van der Waals surface area contributed by atoms with E-state index in [1.54, 1.807) is 11.8 Å². The highest BCUT2D eigenvalue weighted by atomic mass is 32.2. The number of carbonyl (C=O) groups is 2. The molecule has 4 nitrogen and oxygen atoms in total. The first-order valence-corrected chi connectivity index (χ1v) is 6.67. The summed E-state index contributed by atoms with van der Waals surface area (Å²) in [6.45, 7) is 2.97. The first kappa shape index (κ1) is 13.0. The maximum atomic E-state index is 12.1. The summed E-state index contributed by atoms with van der Waals surface area (Å²) in [6, 6.07) is 7.74. The maximum absolute atomic E-state index is 12.1. The Morgan fingerprint density at radius 3 is 2.72 bits per heavy atom. The van der Waals surface area contributed by atoms with Gasteiger partial charge in [-0.05, 0) is 25.5 Å². The van der Waals surface area contributed by atoms with Gasteiger partial charge >= 0.3 is 5.97 Å². The van der Waals surface area contributed by atoms with Gasteiger partial charge in [0.25, 0.3) is 0 Å². The van der Waals surface area contributed by atoms with Gasteiger partial charge in [0.2, 0.25) is 5.91 Å². The summed E-state index contributed by atoms with van der Waals surface area (Å²) >= 11 is 1.63. The molecular weight excluding hydrogens is 250 g/mol. The number of aliphatic carboxylic acids is 1. The fraction of sp³-hybridized carbons (Fsp3) is 0.385. The summed E-state index contributed by atoms with van der Waals surface area (Å²) < 4.78 is 0. The third-order valence-corrected chi connectivity index (χ3v) is 4.17. The lowest BCUT2D eigenvalue weighted by Crippen LogP contribution is -2.51. The Kier molecular flexibility index (Phi) is 3.34. The molecular formula is C13H15NO3S. The molecule has 0 aromatic heterocycles. The fourth-order valence-electron chi connectivity index (χ4n) is 1.83. The van der Waals surface area contributed by atoms with E-state index in [0.29, 0.717) is 5.75 Å². The molecule has 96 valence electrons. The summed E-state index contributed by atoms with van der Waals surface area (Å²) in [6.07, 6.45) is 0. The van der Waals surface area contributed by atoms with Crippen molar-refractivity contribution in [3.05, 3.63) is 29.8 Å². The van der Waals surface area contributed by atoms with Gasteiger partial charge in [-0.3, -0.25) is 4.79 Å². The molecule has 0 radical (unpaired) electrons. The first-order valence-electron chi connectivity index (χ1n) is 5.69. The van der Waals surface area contributed by atoms with Crippen LogP contribution in [0, 0.1) is 0 Å². The lowest BCUT2D eigenvalue weighted by molar-refractivity contribution is -0.146. The van der Waals surface area contributed by atoms with E-state index < -0.39 is 11.5 Å². The van der Waals surface area contributed by atoms with Crippen LogP contribution in [0.1, 0.15) is 25.3 Å². The molecule has 0 spiro atoms. The largest absolute Gasteiger partial charge is 0.480 e. The van der Waals surface area contributed by atoms with Gasteiger partial charge in [-0.1, -0.05) is 18.2 Å². The molecule has 0 saturated heterocycles. The standard InChI is InChI=1S/C13H15NO3S/c1-13(2,12(16)17)14-11(15)9-7-18-10-6-4-3-5-8(9)10/h3-6,9H,7H2,1-2H3,(H,14,15)(H,16,17)/t9-/m0/s1. The van der Waals surface area contributed by atoms with Crippen LogP contribution in [0.25, 0.3) is 0 Å². The van der Waals surface area contributed by atoms with Crippen LogP contribution in [0.15, 0.2) is 29.2 Å². The molecule has 1 aromatic carbocycles. The van der Waals surface area contributed by atoms with Crippen molar-refractivity contribution >= 4 is 23.6 Å². The van der Waals surface area contributed by atoms with Crippen molar-refractivity contribution in [1.82, 2.24) is 5.32 Å². The summed E-state index contributed by atoms with van der Waals surface area (Å²) in [5, 5.41) is 11.6. The lowest BCUT2D eigenvalue weighted by atomic mass is 9.98. The minimum absolute atomic E-state index is 0.222. The van der Waals surface area contributed by atoms with Crippen molar-refractivity contribution in [2.24, 2.45) is 0 Å². The first-order chi connectivity index (χ1) is 8.42. The summed E-state index contributed by atoms with van der Waals surface area (Å²) in [4.78, 5) is 24.2. The number of rotatable bonds is 3. The van der Waals surface area contributed by atoms with E-state index in [-0.39, 0.29) is 11.8 Å². The number of carboxylic acids is 1.